The van der Waals surface area contributed by atoms with Gasteiger partial charge in [-0.15, -0.1) is 0 Å². The topological polar surface area (TPSA) is 20.2 Å². The summed E-state index contributed by atoms with van der Waals surface area (Å²) in [5.41, 5.74) is 1.25. The Kier molecular flexibility index (Phi) is 5.79. The minimum atomic E-state index is 0.301. The van der Waals surface area contributed by atoms with Gasteiger partial charge in [0.25, 0.3) is 0 Å². The third-order valence-corrected chi connectivity index (χ3v) is 2.62. The third kappa shape index (κ3) is 4.80. The maximum absolute atomic E-state index is 8.77. The van der Waals surface area contributed by atoms with Crippen LogP contribution >= 0.6 is 0 Å². The Balaban J connectivity index is 2.47. The predicted molar refractivity (Wildman–Crippen MR) is 65.6 cm³/mol. The Hall–Kier alpha value is -1.08. The number of hydrogen-bond acceptors (Lipinski definition) is 1. The van der Waals surface area contributed by atoms with E-state index in [4.69, 9.17) is 5.11 Å². The average Bonchev–Trinajstić information content (AvgIpc) is 2.31. The molecular weight excluding hydrogens is 184 g/mol. The maximum atomic E-state index is 8.77. The van der Waals surface area contributed by atoms with Crippen LogP contribution in [0.3, 0.4) is 0 Å². The molecule has 1 atom stereocenters. The minimum Gasteiger partial charge on any atom is -0.396 e. The van der Waals surface area contributed by atoms with Gasteiger partial charge in [0.1, 0.15) is 0 Å². The Bertz CT molecular complexity index is 277. The smallest absolute Gasteiger partial charge is 0.0431 e. The van der Waals surface area contributed by atoms with Crippen LogP contribution in [0.5, 0.6) is 0 Å². The van der Waals surface area contributed by atoms with Gasteiger partial charge in [-0.3, -0.25) is 0 Å². The van der Waals surface area contributed by atoms with Crippen molar-refractivity contribution in [1.29, 1.82) is 0 Å². The summed E-state index contributed by atoms with van der Waals surface area (Å²) < 4.78 is 0. The van der Waals surface area contributed by atoms with Gasteiger partial charge in [0.05, 0.1) is 0 Å². The zero-order valence-electron chi connectivity index (χ0n) is 9.39. The van der Waals surface area contributed by atoms with E-state index in [1.807, 2.05) is 18.2 Å². The number of benzene rings is 1. The van der Waals surface area contributed by atoms with Crippen molar-refractivity contribution in [2.75, 3.05) is 6.61 Å². The van der Waals surface area contributed by atoms with E-state index in [2.05, 4.69) is 31.2 Å². The Morgan fingerprint density at radius 2 is 2.00 bits per heavy atom. The Labute approximate surface area is 92.5 Å². The normalized spacial score (nSPS) is 13.2. The van der Waals surface area contributed by atoms with Gasteiger partial charge in [0, 0.05) is 6.61 Å². The SMILES string of the molecule is CCC(/C=C/c1ccccc1)CCCO. The molecule has 1 aromatic carbocycles. The van der Waals surface area contributed by atoms with Gasteiger partial charge < -0.3 is 5.11 Å². The quantitative estimate of drug-likeness (QED) is 0.752. The van der Waals surface area contributed by atoms with Crippen LogP contribution in [0.4, 0.5) is 0 Å². The zero-order valence-corrected chi connectivity index (χ0v) is 9.39. The molecule has 0 saturated heterocycles. The van der Waals surface area contributed by atoms with Gasteiger partial charge in [-0.1, -0.05) is 49.4 Å². The first-order valence-electron chi connectivity index (χ1n) is 5.71. The van der Waals surface area contributed by atoms with Crippen LogP contribution in [0, 0.1) is 5.92 Å². The lowest BCUT2D eigenvalue weighted by molar-refractivity contribution is 0.276. The van der Waals surface area contributed by atoms with Crippen molar-refractivity contribution in [1.82, 2.24) is 0 Å². The van der Waals surface area contributed by atoms with E-state index < -0.39 is 0 Å². The zero-order chi connectivity index (χ0) is 10.9. The molecule has 0 radical (unpaired) electrons. The van der Waals surface area contributed by atoms with Crippen molar-refractivity contribution in [3.05, 3.63) is 42.0 Å². The molecular formula is C14H20O. The molecule has 15 heavy (non-hydrogen) atoms. The number of rotatable bonds is 6. The summed E-state index contributed by atoms with van der Waals surface area (Å²) in [5.74, 6) is 0.595. The summed E-state index contributed by atoms with van der Waals surface area (Å²) >= 11 is 0. The van der Waals surface area contributed by atoms with Crippen molar-refractivity contribution >= 4 is 6.08 Å². The van der Waals surface area contributed by atoms with E-state index in [1.54, 1.807) is 0 Å². The summed E-state index contributed by atoms with van der Waals surface area (Å²) in [6.07, 6.45) is 7.55. The van der Waals surface area contributed by atoms with Crippen LogP contribution in [-0.2, 0) is 0 Å². The molecule has 0 aliphatic carbocycles. The van der Waals surface area contributed by atoms with Gasteiger partial charge in [-0.25, -0.2) is 0 Å². The van der Waals surface area contributed by atoms with Gasteiger partial charge in [-0.2, -0.15) is 0 Å². The average molecular weight is 204 g/mol. The van der Waals surface area contributed by atoms with Crippen molar-refractivity contribution in [2.24, 2.45) is 5.92 Å². The van der Waals surface area contributed by atoms with Crippen LogP contribution in [-0.4, -0.2) is 11.7 Å². The monoisotopic (exact) mass is 204 g/mol. The van der Waals surface area contributed by atoms with Gasteiger partial charge in [0.15, 0.2) is 0 Å². The number of aliphatic hydroxyl groups excluding tert-OH is 1. The molecule has 1 aromatic rings. The fourth-order valence-corrected chi connectivity index (χ4v) is 1.60. The molecule has 0 saturated carbocycles. The first-order valence-corrected chi connectivity index (χ1v) is 5.71. The molecule has 0 heterocycles. The van der Waals surface area contributed by atoms with Crippen LogP contribution in [0.15, 0.2) is 36.4 Å². The van der Waals surface area contributed by atoms with Crippen LogP contribution in [0.25, 0.3) is 6.08 Å². The summed E-state index contributed by atoms with van der Waals surface area (Å²) in [4.78, 5) is 0. The summed E-state index contributed by atoms with van der Waals surface area (Å²) in [6.45, 7) is 2.49. The molecule has 0 aliphatic rings. The van der Waals surface area contributed by atoms with Crippen molar-refractivity contribution < 1.29 is 5.11 Å². The van der Waals surface area contributed by atoms with Gasteiger partial charge in [0.2, 0.25) is 0 Å². The summed E-state index contributed by atoms with van der Waals surface area (Å²) in [5, 5.41) is 8.77. The highest BCUT2D eigenvalue weighted by molar-refractivity contribution is 5.48. The molecule has 82 valence electrons. The lowest BCUT2D eigenvalue weighted by Gasteiger charge is -2.08. The van der Waals surface area contributed by atoms with Crippen molar-refractivity contribution in [3.63, 3.8) is 0 Å². The Morgan fingerprint density at radius 1 is 1.27 bits per heavy atom. The highest BCUT2D eigenvalue weighted by Crippen LogP contribution is 2.14. The van der Waals surface area contributed by atoms with E-state index in [0.717, 1.165) is 19.3 Å². The van der Waals surface area contributed by atoms with Gasteiger partial charge in [-0.05, 0) is 30.7 Å². The van der Waals surface area contributed by atoms with Gasteiger partial charge >= 0.3 is 0 Å². The molecule has 1 N–H and O–H groups in total. The minimum absolute atomic E-state index is 0.301. The van der Waals surface area contributed by atoms with Crippen molar-refractivity contribution in [3.8, 4) is 0 Å². The number of hydrogen-bond donors (Lipinski definition) is 1. The first kappa shape index (κ1) is 12.0. The lowest BCUT2D eigenvalue weighted by Crippen LogP contribution is -1.96. The number of allylic oxidation sites excluding steroid dienone is 1. The van der Waals surface area contributed by atoms with E-state index in [9.17, 15) is 0 Å². The molecule has 1 nitrogen and oxygen atoms in total. The molecule has 0 bridgehead atoms. The predicted octanol–water partition coefficient (Wildman–Crippen LogP) is 3.50. The highest BCUT2D eigenvalue weighted by atomic mass is 16.2. The molecule has 1 heteroatoms. The summed E-state index contributed by atoms with van der Waals surface area (Å²) in [7, 11) is 0. The molecule has 1 unspecified atom stereocenters. The van der Waals surface area contributed by atoms with Crippen LogP contribution < -0.4 is 0 Å². The molecule has 1 rings (SSSR count). The second-order valence-corrected chi connectivity index (χ2v) is 3.80. The van der Waals surface area contributed by atoms with Crippen LogP contribution in [0.2, 0.25) is 0 Å². The van der Waals surface area contributed by atoms with Crippen LogP contribution in [0.1, 0.15) is 31.7 Å². The number of aliphatic hydroxyl groups is 1. The molecule has 0 fully saturated rings. The third-order valence-electron chi connectivity index (χ3n) is 2.62. The largest absolute Gasteiger partial charge is 0.396 e. The van der Waals surface area contributed by atoms with E-state index >= 15 is 0 Å². The first-order chi connectivity index (χ1) is 7.36. The lowest BCUT2D eigenvalue weighted by atomic mass is 9.99. The van der Waals surface area contributed by atoms with E-state index in [1.165, 1.54) is 5.56 Å². The highest BCUT2D eigenvalue weighted by Gasteiger charge is 2.00. The second-order valence-electron chi connectivity index (χ2n) is 3.80. The van der Waals surface area contributed by atoms with E-state index in [0.29, 0.717) is 12.5 Å². The second kappa shape index (κ2) is 7.24. The Morgan fingerprint density at radius 3 is 2.60 bits per heavy atom. The molecule has 0 spiro atoms. The fourth-order valence-electron chi connectivity index (χ4n) is 1.60. The maximum Gasteiger partial charge on any atom is 0.0431 e. The molecule has 0 aliphatic heterocycles. The fraction of sp³-hybridized carbons (Fsp3) is 0.429. The summed E-state index contributed by atoms with van der Waals surface area (Å²) in [6, 6.07) is 10.3. The standard InChI is InChI=1S/C14H20O/c1-2-13(9-6-12-15)10-11-14-7-4-3-5-8-14/h3-5,7-8,10-11,13,15H,2,6,9,12H2,1H3/b11-10+. The van der Waals surface area contributed by atoms with Crippen molar-refractivity contribution in [2.45, 2.75) is 26.2 Å². The molecule has 0 amide bonds. The molecule has 0 aromatic heterocycles. The van der Waals surface area contributed by atoms with E-state index in [-0.39, 0.29) is 0 Å².